The highest BCUT2D eigenvalue weighted by Gasteiger charge is 2.36. The average Bonchev–Trinajstić information content (AvgIpc) is 3.05. The molecule has 0 spiro atoms. The lowest BCUT2D eigenvalue weighted by Crippen LogP contribution is -2.49. The summed E-state index contributed by atoms with van der Waals surface area (Å²) >= 11 is 0. The van der Waals surface area contributed by atoms with Gasteiger partial charge in [0.2, 0.25) is 5.91 Å². The molecule has 2 aromatic carbocycles. The van der Waals surface area contributed by atoms with Crippen molar-refractivity contribution in [3.8, 4) is 0 Å². The molecule has 8 nitrogen and oxygen atoms in total. The van der Waals surface area contributed by atoms with Crippen LogP contribution in [0.3, 0.4) is 0 Å². The molecule has 3 amide bonds. The fourth-order valence-corrected chi connectivity index (χ4v) is 4.38. The van der Waals surface area contributed by atoms with E-state index in [-0.39, 0.29) is 18.5 Å². The summed E-state index contributed by atoms with van der Waals surface area (Å²) in [6, 6.07) is 15.1. The first-order valence-corrected chi connectivity index (χ1v) is 11.3. The Morgan fingerprint density at radius 3 is 2.06 bits per heavy atom. The van der Waals surface area contributed by atoms with Gasteiger partial charge in [-0.2, -0.15) is 0 Å². The molecule has 0 saturated carbocycles. The normalized spacial score (nSPS) is 17.7. The van der Waals surface area contributed by atoms with Crippen molar-refractivity contribution < 1.29 is 14.4 Å². The summed E-state index contributed by atoms with van der Waals surface area (Å²) in [5, 5.41) is 2.97. The van der Waals surface area contributed by atoms with Crippen LogP contribution in [-0.4, -0.2) is 92.8 Å². The molecule has 2 aromatic rings. The minimum absolute atomic E-state index is 0.0149. The number of hydrogen-bond acceptors (Lipinski definition) is 6. The third-order valence-electron chi connectivity index (χ3n) is 6.45. The summed E-state index contributed by atoms with van der Waals surface area (Å²) in [5.74, 6) is -1.17. The van der Waals surface area contributed by atoms with E-state index in [0.717, 1.165) is 42.3 Å². The van der Waals surface area contributed by atoms with Crippen molar-refractivity contribution >= 4 is 23.4 Å². The standard InChI is InChI=1S/C25H31N5O3/c1-27(2)19-10-8-18(9-11-19)22(29-14-12-28(3)13-15-29)16-26-23(31)17-30-24(32)20-6-4-5-7-21(20)25(30)33/h4-11,22H,12-17H2,1-3H3,(H,26,31). The van der Waals surface area contributed by atoms with Crippen LogP contribution in [-0.2, 0) is 4.79 Å². The van der Waals surface area contributed by atoms with Crippen molar-refractivity contribution in [2.24, 2.45) is 0 Å². The number of carbonyl (C=O) groups is 3. The number of anilines is 1. The molecule has 0 aliphatic carbocycles. The molecule has 4 rings (SSSR count). The zero-order valence-electron chi connectivity index (χ0n) is 19.5. The van der Waals surface area contributed by atoms with E-state index in [4.69, 9.17) is 0 Å². The van der Waals surface area contributed by atoms with Gasteiger partial charge >= 0.3 is 0 Å². The third-order valence-corrected chi connectivity index (χ3v) is 6.45. The molecule has 174 valence electrons. The molecule has 0 bridgehead atoms. The second-order valence-corrected chi connectivity index (χ2v) is 8.89. The number of likely N-dealkylation sites (N-methyl/N-ethyl adjacent to an activating group) is 1. The summed E-state index contributed by atoms with van der Waals surface area (Å²) in [4.78, 5) is 45.7. The molecule has 1 fully saturated rings. The first-order valence-electron chi connectivity index (χ1n) is 11.3. The average molecular weight is 450 g/mol. The molecule has 1 N–H and O–H groups in total. The van der Waals surface area contributed by atoms with Gasteiger partial charge in [0, 0.05) is 52.5 Å². The van der Waals surface area contributed by atoms with E-state index in [1.54, 1.807) is 24.3 Å². The highest BCUT2D eigenvalue weighted by atomic mass is 16.2. The number of rotatable bonds is 7. The Hall–Kier alpha value is -3.23. The van der Waals surface area contributed by atoms with E-state index in [0.29, 0.717) is 17.7 Å². The van der Waals surface area contributed by atoms with Crippen LogP contribution in [0.15, 0.2) is 48.5 Å². The zero-order valence-corrected chi connectivity index (χ0v) is 19.5. The van der Waals surface area contributed by atoms with Gasteiger partial charge in [-0.05, 0) is 36.9 Å². The van der Waals surface area contributed by atoms with E-state index in [2.05, 4.69) is 51.3 Å². The van der Waals surface area contributed by atoms with Gasteiger partial charge in [0.25, 0.3) is 11.8 Å². The van der Waals surface area contributed by atoms with E-state index in [9.17, 15) is 14.4 Å². The maximum atomic E-state index is 12.8. The zero-order chi connectivity index (χ0) is 23.5. The second-order valence-electron chi connectivity index (χ2n) is 8.89. The van der Waals surface area contributed by atoms with Crippen molar-refractivity contribution in [1.82, 2.24) is 20.0 Å². The Morgan fingerprint density at radius 1 is 0.939 bits per heavy atom. The quantitative estimate of drug-likeness (QED) is 0.645. The highest BCUT2D eigenvalue weighted by Crippen LogP contribution is 2.25. The van der Waals surface area contributed by atoms with Gasteiger partial charge in [0.15, 0.2) is 0 Å². The minimum Gasteiger partial charge on any atom is -0.378 e. The topological polar surface area (TPSA) is 76.2 Å². The van der Waals surface area contributed by atoms with Gasteiger partial charge in [-0.15, -0.1) is 0 Å². The van der Waals surface area contributed by atoms with Crippen LogP contribution in [0.5, 0.6) is 0 Å². The molecular weight excluding hydrogens is 418 g/mol. The predicted octanol–water partition coefficient (Wildman–Crippen LogP) is 1.45. The van der Waals surface area contributed by atoms with Gasteiger partial charge in [0.1, 0.15) is 6.54 Å². The smallest absolute Gasteiger partial charge is 0.262 e. The van der Waals surface area contributed by atoms with Crippen LogP contribution < -0.4 is 10.2 Å². The molecule has 1 atom stereocenters. The van der Waals surface area contributed by atoms with Crippen LogP contribution in [0.1, 0.15) is 32.3 Å². The second kappa shape index (κ2) is 9.72. The number of benzene rings is 2. The summed E-state index contributed by atoms with van der Waals surface area (Å²) in [7, 11) is 6.13. The number of piperazine rings is 1. The largest absolute Gasteiger partial charge is 0.378 e. The third kappa shape index (κ3) is 4.91. The van der Waals surface area contributed by atoms with Crippen molar-refractivity contribution in [2.75, 3.05) is 65.3 Å². The molecule has 0 aromatic heterocycles. The highest BCUT2D eigenvalue weighted by molar-refractivity contribution is 6.22. The Morgan fingerprint density at radius 2 is 1.52 bits per heavy atom. The van der Waals surface area contributed by atoms with Gasteiger partial charge in [-0.1, -0.05) is 24.3 Å². The van der Waals surface area contributed by atoms with Gasteiger partial charge in [0.05, 0.1) is 17.2 Å². The maximum absolute atomic E-state index is 12.8. The fraction of sp³-hybridized carbons (Fsp3) is 0.400. The molecular formula is C25H31N5O3. The number of amides is 3. The van der Waals surface area contributed by atoms with Crippen molar-refractivity contribution in [3.05, 3.63) is 65.2 Å². The van der Waals surface area contributed by atoms with Gasteiger partial charge in [-0.25, -0.2) is 0 Å². The van der Waals surface area contributed by atoms with Crippen molar-refractivity contribution in [1.29, 1.82) is 0 Å². The van der Waals surface area contributed by atoms with Crippen molar-refractivity contribution in [3.63, 3.8) is 0 Å². The number of carbonyl (C=O) groups excluding carboxylic acids is 3. The van der Waals surface area contributed by atoms with Crippen molar-refractivity contribution in [2.45, 2.75) is 6.04 Å². The summed E-state index contributed by atoms with van der Waals surface area (Å²) < 4.78 is 0. The first-order chi connectivity index (χ1) is 15.8. The summed E-state index contributed by atoms with van der Waals surface area (Å²) in [6.07, 6.45) is 0. The molecule has 2 heterocycles. The maximum Gasteiger partial charge on any atom is 0.262 e. The lowest BCUT2D eigenvalue weighted by molar-refractivity contribution is -0.121. The van der Waals surface area contributed by atoms with Gasteiger partial charge in [-0.3, -0.25) is 24.2 Å². The molecule has 33 heavy (non-hydrogen) atoms. The molecule has 2 aliphatic heterocycles. The Bertz CT molecular complexity index is 994. The van der Waals surface area contributed by atoms with Crippen LogP contribution >= 0.6 is 0 Å². The number of hydrogen-bond donors (Lipinski definition) is 1. The molecule has 1 saturated heterocycles. The molecule has 8 heteroatoms. The Kier molecular flexibility index (Phi) is 6.76. The fourth-order valence-electron chi connectivity index (χ4n) is 4.38. The monoisotopic (exact) mass is 449 g/mol. The SMILES string of the molecule is CN1CCN(C(CNC(=O)CN2C(=O)c3ccccc3C2=O)c2ccc(N(C)C)cc2)CC1. The van der Waals surface area contributed by atoms with E-state index in [1.807, 2.05) is 14.1 Å². The van der Waals surface area contributed by atoms with Crippen LogP contribution in [0, 0.1) is 0 Å². The number of nitrogens with one attached hydrogen (secondary N) is 1. The van der Waals surface area contributed by atoms with E-state index >= 15 is 0 Å². The van der Waals surface area contributed by atoms with Crippen LogP contribution in [0.25, 0.3) is 0 Å². The molecule has 2 aliphatic rings. The first kappa shape index (κ1) is 22.9. The van der Waals surface area contributed by atoms with E-state index in [1.165, 1.54) is 0 Å². The number of fused-ring (bicyclic) bond motifs is 1. The lowest BCUT2D eigenvalue weighted by Gasteiger charge is -2.38. The molecule has 0 radical (unpaired) electrons. The minimum atomic E-state index is -0.416. The van der Waals surface area contributed by atoms with Crippen LogP contribution in [0.2, 0.25) is 0 Å². The van der Waals surface area contributed by atoms with E-state index < -0.39 is 11.8 Å². The number of imide groups is 1. The van der Waals surface area contributed by atoms with Crippen LogP contribution in [0.4, 0.5) is 5.69 Å². The predicted molar refractivity (Wildman–Crippen MR) is 127 cm³/mol. The lowest BCUT2D eigenvalue weighted by atomic mass is 10.0. The Balaban J connectivity index is 1.43. The van der Waals surface area contributed by atoms with Gasteiger partial charge < -0.3 is 15.1 Å². The summed E-state index contributed by atoms with van der Waals surface area (Å²) in [6.45, 7) is 3.88. The Labute approximate surface area is 194 Å². The number of nitrogens with zero attached hydrogens (tertiary/aromatic N) is 4. The summed E-state index contributed by atoms with van der Waals surface area (Å²) in [5.41, 5.74) is 2.95. The molecule has 1 unspecified atom stereocenters.